The number of hydrogen-bond acceptors (Lipinski definition) is 3. The zero-order valence-electron chi connectivity index (χ0n) is 16.4. The minimum Gasteiger partial charge on any atom is -0.354 e. The molecule has 0 bridgehead atoms. The topological polar surface area (TPSA) is 79.0 Å². The SMILES string of the molecule is Cc1[nH]c(C(=O)Nc2ccc(S(C)(=O)=O)cc2)c(C)c1-c1ccccc1C(F)(F)F. The van der Waals surface area contributed by atoms with E-state index in [4.69, 9.17) is 0 Å². The van der Waals surface area contributed by atoms with Crippen molar-refractivity contribution in [3.05, 3.63) is 71.0 Å². The summed E-state index contributed by atoms with van der Waals surface area (Å²) in [7, 11) is -3.37. The Labute approximate surface area is 171 Å². The number of carbonyl (C=O) groups is 1. The Bertz CT molecular complexity index is 1210. The third-order valence-corrected chi connectivity index (χ3v) is 5.84. The summed E-state index contributed by atoms with van der Waals surface area (Å²) in [6, 6.07) is 10.8. The number of sulfone groups is 1. The number of H-pyrrole nitrogens is 1. The normalized spacial score (nSPS) is 12.1. The van der Waals surface area contributed by atoms with Crippen molar-refractivity contribution in [2.45, 2.75) is 24.9 Å². The molecule has 2 aromatic carbocycles. The zero-order valence-corrected chi connectivity index (χ0v) is 17.2. The van der Waals surface area contributed by atoms with Gasteiger partial charge in [-0.1, -0.05) is 18.2 Å². The summed E-state index contributed by atoms with van der Waals surface area (Å²) >= 11 is 0. The van der Waals surface area contributed by atoms with Crippen LogP contribution >= 0.6 is 0 Å². The number of alkyl halides is 3. The van der Waals surface area contributed by atoms with Gasteiger partial charge in [-0.25, -0.2) is 8.42 Å². The Hall–Kier alpha value is -3.07. The number of hydrogen-bond donors (Lipinski definition) is 2. The van der Waals surface area contributed by atoms with Gasteiger partial charge in [0.2, 0.25) is 0 Å². The van der Waals surface area contributed by atoms with E-state index in [0.29, 0.717) is 22.5 Å². The van der Waals surface area contributed by atoms with E-state index in [1.807, 2.05) is 0 Å². The summed E-state index contributed by atoms with van der Waals surface area (Å²) in [5.41, 5.74) is 0.839. The van der Waals surface area contributed by atoms with E-state index in [-0.39, 0.29) is 16.2 Å². The molecule has 3 rings (SSSR count). The average Bonchev–Trinajstić information content (AvgIpc) is 2.95. The molecule has 0 aliphatic rings. The molecule has 158 valence electrons. The van der Waals surface area contributed by atoms with Crippen LogP contribution in [0.1, 0.15) is 27.3 Å². The number of halogens is 3. The smallest absolute Gasteiger partial charge is 0.354 e. The summed E-state index contributed by atoms with van der Waals surface area (Å²) in [6.45, 7) is 3.18. The molecule has 0 aliphatic carbocycles. The van der Waals surface area contributed by atoms with Crippen LogP contribution in [0, 0.1) is 13.8 Å². The maximum Gasteiger partial charge on any atom is 0.417 e. The van der Waals surface area contributed by atoms with Gasteiger partial charge in [0, 0.05) is 23.2 Å². The number of benzene rings is 2. The van der Waals surface area contributed by atoms with Crippen LogP contribution in [0.5, 0.6) is 0 Å². The quantitative estimate of drug-likeness (QED) is 0.606. The fraction of sp³-hybridized carbons (Fsp3) is 0.190. The first-order valence-electron chi connectivity index (χ1n) is 8.87. The molecular formula is C21H19F3N2O3S. The molecule has 5 nitrogen and oxygen atoms in total. The Kier molecular flexibility index (Phi) is 5.51. The lowest BCUT2D eigenvalue weighted by molar-refractivity contribution is -0.137. The highest BCUT2D eigenvalue weighted by Crippen LogP contribution is 2.40. The molecule has 3 aromatic rings. The molecule has 1 amide bonds. The summed E-state index contributed by atoms with van der Waals surface area (Å²) in [4.78, 5) is 15.7. The minimum atomic E-state index is -4.53. The van der Waals surface area contributed by atoms with Crippen molar-refractivity contribution in [1.82, 2.24) is 4.98 Å². The van der Waals surface area contributed by atoms with Crippen LogP contribution in [0.2, 0.25) is 0 Å². The van der Waals surface area contributed by atoms with E-state index in [1.54, 1.807) is 13.8 Å². The van der Waals surface area contributed by atoms with E-state index in [2.05, 4.69) is 10.3 Å². The molecule has 1 aromatic heterocycles. The molecule has 0 spiro atoms. The molecule has 2 N–H and O–H groups in total. The van der Waals surface area contributed by atoms with Gasteiger partial charge in [0.1, 0.15) is 5.69 Å². The number of aromatic nitrogens is 1. The van der Waals surface area contributed by atoms with Crippen molar-refractivity contribution in [1.29, 1.82) is 0 Å². The van der Waals surface area contributed by atoms with E-state index in [1.165, 1.54) is 42.5 Å². The molecule has 0 atom stereocenters. The molecule has 1 heterocycles. The summed E-state index contributed by atoms with van der Waals surface area (Å²) in [6.07, 6.45) is -3.46. The van der Waals surface area contributed by atoms with Gasteiger partial charge in [-0.3, -0.25) is 4.79 Å². The fourth-order valence-electron chi connectivity index (χ4n) is 3.31. The van der Waals surface area contributed by atoms with Gasteiger partial charge >= 0.3 is 6.18 Å². The fourth-order valence-corrected chi connectivity index (χ4v) is 3.94. The summed E-state index contributed by atoms with van der Waals surface area (Å²) in [5.74, 6) is -0.543. The standard InChI is InChI=1S/C21H19F3N2O3S/c1-12-18(16-6-4-5-7-17(16)21(22,23)24)13(2)25-19(12)20(27)26-14-8-10-15(11-9-14)30(3,28)29/h4-11,25H,1-3H3,(H,26,27). The van der Waals surface area contributed by atoms with E-state index in [0.717, 1.165) is 12.3 Å². The monoisotopic (exact) mass is 436 g/mol. The lowest BCUT2D eigenvalue weighted by Crippen LogP contribution is -2.14. The average molecular weight is 436 g/mol. The van der Waals surface area contributed by atoms with Crippen LogP contribution in [0.3, 0.4) is 0 Å². The first-order chi connectivity index (χ1) is 13.9. The molecule has 0 fully saturated rings. The van der Waals surface area contributed by atoms with Gasteiger partial charge in [-0.05, 0) is 55.3 Å². The van der Waals surface area contributed by atoms with Crippen LogP contribution in [0.4, 0.5) is 18.9 Å². The molecular weight excluding hydrogens is 417 g/mol. The van der Waals surface area contributed by atoms with Crippen molar-refractivity contribution in [2.24, 2.45) is 0 Å². The van der Waals surface area contributed by atoms with E-state index in [9.17, 15) is 26.4 Å². The van der Waals surface area contributed by atoms with Crippen molar-refractivity contribution in [3.8, 4) is 11.1 Å². The Morgan fingerprint density at radius 1 is 1.00 bits per heavy atom. The van der Waals surface area contributed by atoms with Crippen LogP contribution in [-0.2, 0) is 16.0 Å². The maximum atomic E-state index is 13.4. The number of anilines is 1. The van der Waals surface area contributed by atoms with Crippen molar-refractivity contribution >= 4 is 21.4 Å². The highest BCUT2D eigenvalue weighted by molar-refractivity contribution is 7.90. The second-order valence-electron chi connectivity index (χ2n) is 6.92. The number of carbonyl (C=O) groups excluding carboxylic acids is 1. The zero-order chi connectivity index (χ0) is 22.3. The number of amides is 1. The molecule has 0 aliphatic heterocycles. The third-order valence-electron chi connectivity index (χ3n) is 4.71. The van der Waals surface area contributed by atoms with Crippen LogP contribution in [0.15, 0.2) is 53.4 Å². The van der Waals surface area contributed by atoms with Gasteiger partial charge < -0.3 is 10.3 Å². The maximum absolute atomic E-state index is 13.4. The first-order valence-corrected chi connectivity index (χ1v) is 10.8. The number of nitrogens with one attached hydrogen (secondary N) is 2. The highest BCUT2D eigenvalue weighted by atomic mass is 32.2. The van der Waals surface area contributed by atoms with Gasteiger partial charge in [0.15, 0.2) is 9.84 Å². The molecule has 0 saturated heterocycles. The number of aromatic amines is 1. The molecule has 0 radical (unpaired) electrons. The predicted octanol–water partition coefficient (Wildman–Crippen LogP) is 4.97. The minimum absolute atomic E-state index is 0.00666. The van der Waals surface area contributed by atoms with Gasteiger partial charge in [-0.2, -0.15) is 13.2 Å². The second kappa shape index (κ2) is 7.64. The van der Waals surface area contributed by atoms with Crippen molar-refractivity contribution < 1.29 is 26.4 Å². The van der Waals surface area contributed by atoms with Gasteiger partial charge in [0.25, 0.3) is 5.91 Å². The van der Waals surface area contributed by atoms with Gasteiger partial charge in [0.05, 0.1) is 10.5 Å². The predicted molar refractivity (Wildman–Crippen MR) is 108 cm³/mol. The summed E-state index contributed by atoms with van der Waals surface area (Å²) < 4.78 is 63.4. The largest absolute Gasteiger partial charge is 0.417 e. The number of aryl methyl sites for hydroxylation is 1. The van der Waals surface area contributed by atoms with E-state index < -0.39 is 27.5 Å². The van der Waals surface area contributed by atoms with Crippen molar-refractivity contribution in [2.75, 3.05) is 11.6 Å². The Balaban J connectivity index is 1.96. The molecule has 0 saturated carbocycles. The summed E-state index contributed by atoms with van der Waals surface area (Å²) in [5, 5.41) is 2.63. The lowest BCUT2D eigenvalue weighted by Gasteiger charge is -2.13. The van der Waals surface area contributed by atoms with Crippen LogP contribution < -0.4 is 5.32 Å². The molecule has 30 heavy (non-hydrogen) atoms. The number of rotatable bonds is 4. The first kappa shape index (κ1) is 21.6. The molecule has 9 heteroatoms. The second-order valence-corrected chi connectivity index (χ2v) is 8.93. The van der Waals surface area contributed by atoms with E-state index >= 15 is 0 Å². The lowest BCUT2D eigenvalue weighted by atomic mass is 9.96. The highest BCUT2D eigenvalue weighted by Gasteiger charge is 2.34. The van der Waals surface area contributed by atoms with Crippen LogP contribution in [-0.4, -0.2) is 25.6 Å². The van der Waals surface area contributed by atoms with Crippen molar-refractivity contribution in [3.63, 3.8) is 0 Å². The molecule has 0 unspecified atom stereocenters. The van der Waals surface area contributed by atoms with Crippen LogP contribution in [0.25, 0.3) is 11.1 Å². The third kappa shape index (κ3) is 4.25. The Morgan fingerprint density at radius 2 is 1.60 bits per heavy atom. The van der Waals surface area contributed by atoms with Gasteiger partial charge in [-0.15, -0.1) is 0 Å². The Morgan fingerprint density at radius 3 is 2.17 bits per heavy atom.